The standard InChI is InChI=1S/C30H36O7/c1-16-18-8-10-21-29(4)13-12-23(32)28(2,3)22(29)15-24(33)30(21,26(16)35)27(18)37-25(34)11-7-17-6-9-19(31)20(14-17)36-5/h6-7,9,11,14,18,21-22,24,27,31,33H,1,8,10,12-13,15H2,2-5H3/b11-7+/t18-,21-,22+,24+,27+,29-,30?/m0/s1. The normalized spacial score (nSPS) is 38.3. The van der Waals surface area contributed by atoms with Gasteiger partial charge in [0.15, 0.2) is 17.3 Å². The smallest absolute Gasteiger partial charge is 0.331 e. The zero-order valence-corrected chi connectivity index (χ0v) is 22.0. The number of hydrogen-bond acceptors (Lipinski definition) is 7. The molecule has 1 aromatic carbocycles. The van der Waals surface area contributed by atoms with Crippen LogP contribution >= 0.6 is 0 Å². The van der Waals surface area contributed by atoms with Crippen molar-refractivity contribution in [2.45, 2.75) is 65.1 Å². The van der Waals surface area contributed by atoms with Crippen molar-refractivity contribution >= 4 is 23.6 Å². The van der Waals surface area contributed by atoms with Gasteiger partial charge in [0.2, 0.25) is 0 Å². The first-order valence-corrected chi connectivity index (χ1v) is 13.1. The Labute approximate surface area is 217 Å². The summed E-state index contributed by atoms with van der Waals surface area (Å²) in [6, 6.07) is 4.72. The van der Waals surface area contributed by atoms with Crippen LogP contribution in [0.4, 0.5) is 0 Å². The summed E-state index contributed by atoms with van der Waals surface area (Å²) < 4.78 is 11.2. The van der Waals surface area contributed by atoms with E-state index in [2.05, 4.69) is 13.5 Å². The van der Waals surface area contributed by atoms with Crippen molar-refractivity contribution in [3.8, 4) is 11.5 Å². The van der Waals surface area contributed by atoms with E-state index in [1.54, 1.807) is 18.2 Å². The molecular weight excluding hydrogens is 472 g/mol. The van der Waals surface area contributed by atoms with E-state index >= 15 is 0 Å². The van der Waals surface area contributed by atoms with E-state index in [9.17, 15) is 24.6 Å². The number of phenolic OH excluding ortho intramolecular Hbond substituents is 1. The van der Waals surface area contributed by atoms with Crippen LogP contribution in [0.3, 0.4) is 0 Å². The van der Waals surface area contributed by atoms with Crippen LogP contribution in [0.5, 0.6) is 11.5 Å². The lowest BCUT2D eigenvalue weighted by Crippen LogP contribution is -2.68. The maximum Gasteiger partial charge on any atom is 0.331 e. The number of phenols is 1. The fourth-order valence-electron chi connectivity index (χ4n) is 8.41. The number of rotatable bonds is 4. The number of carbonyl (C=O) groups is 3. The first-order valence-electron chi connectivity index (χ1n) is 13.1. The minimum absolute atomic E-state index is 0.00570. The van der Waals surface area contributed by atoms with Gasteiger partial charge in [-0.25, -0.2) is 4.79 Å². The third kappa shape index (κ3) is 3.46. The molecule has 0 aliphatic heterocycles. The molecule has 4 fully saturated rings. The van der Waals surface area contributed by atoms with Gasteiger partial charge in [0.05, 0.1) is 18.6 Å². The summed E-state index contributed by atoms with van der Waals surface area (Å²) in [4.78, 5) is 39.8. The van der Waals surface area contributed by atoms with Crippen molar-refractivity contribution < 1.29 is 34.1 Å². The van der Waals surface area contributed by atoms with Gasteiger partial charge in [0.25, 0.3) is 0 Å². The highest BCUT2D eigenvalue weighted by atomic mass is 16.5. The van der Waals surface area contributed by atoms with Gasteiger partial charge in [-0.05, 0) is 72.3 Å². The van der Waals surface area contributed by atoms with Crippen LogP contribution in [0.25, 0.3) is 6.08 Å². The third-order valence-electron chi connectivity index (χ3n) is 10.3. The topological polar surface area (TPSA) is 110 Å². The van der Waals surface area contributed by atoms with E-state index in [1.165, 1.54) is 19.3 Å². The largest absolute Gasteiger partial charge is 0.504 e. The molecule has 0 amide bonds. The number of aliphatic hydroxyl groups excluding tert-OH is 1. The Bertz CT molecular complexity index is 1210. The monoisotopic (exact) mass is 508 g/mol. The second kappa shape index (κ2) is 8.55. The van der Waals surface area contributed by atoms with E-state index in [1.807, 2.05) is 13.8 Å². The predicted octanol–water partition coefficient (Wildman–Crippen LogP) is 4.25. The van der Waals surface area contributed by atoms with E-state index in [0.29, 0.717) is 36.8 Å². The van der Waals surface area contributed by atoms with Gasteiger partial charge in [0, 0.05) is 23.8 Å². The number of ether oxygens (including phenoxy) is 2. The Kier molecular flexibility index (Phi) is 5.94. The molecule has 1 aromatic rings. The molecule has 4 aliphatic carbocycles. The molecule has 37 heavy (non-hydrogen) atoms. The first-order chi connectivity index (χ1) is 17.4. The molecular formula is C30H36O7. The maximum absolute atomic E-state index is 13.9. The number of Topliss-reactive ketones (excluding diaryl/α,β-unsaturated/α-hetero) is 2. The minimum Gasteiger partial charge on any atom is -0.504 e. The number of fused-ring (bicyclic) bond motifs is 3. The van der Waals surface area contributed by atoms with Gasteiger partial charge < -0.3 is 19.7 Å². The molecule has 198 valence electrons. The highest BCUT2D eigenvalue weighted by molar-refractivity contribution is 6.05. The van der Waals surface area contributed by atoms with Crippen molar-refractivity contribution in [2.75, 3.05) is 7.11 Å². The van der Waals surface area contributed by atoms with Gasteiger partial charge in [-0.1, -0.05) is 33.4 Å². The average Bonchev–Trinajstić information content (AvgIpc) is 2.97. The van der Waals surface area contributed by atoms with Crippen LogP contribution in [0.15, 0.2) is 36.4 Å². The number of hydrogen-bond donors (Lipinski definition) is 2. The predicted molar refractivity (Wildman–Crippen MR) is 137 cm³/mol. The summed E-state index contributed by atoms with van der Waals surface area (Å²) in [6.07, 6.45) is 3.82. The summed E-state index contributed by atoms with van der Waals surface area (Å²) in [5.41, 5.74) is -1.11. The van der Waals surface area contributed by atoms with Crippen LogP contribution in [0.2, 0.25) is 0 Å². The molecule has 4 aliphatic rings. The van der Waals surface area contributed by atoms with Crippen LogP contribution in [-0.4, -0.2) is 47.1 Å². The Hall–Kier alpha value is -2.93. The number of aliphatic hydroxyl groups is 1. The van der Waals surface area contributed by atoms with Crippen molar-refractivity contribution in [1.82, 2.24) is 0 Å². The minimum atomic E-state index is -1.24. The molecule has 7 heteroatoms. The fraction of sp³-hybridized carbons (Fsp3) is 0.567. The van der Waals surface area contributed by atoms with Crippen LogP contribution in [-0.2, 0) is 19.1 Å². The van der Waals surface area contributed by atoms with Crippen molar-refractivity contribution in [3.63, 3.8) is 0 Å². The van der Waals surface area contributed by atoms with Gasteiger partial charge in [-0.2, -0.15) is 0 Å². The van der Waals surface area contributed by atoms with Gasteiger partial charge in [0.1, 0.15) is 11.9 Å². The highest BCUT2D eigenvalue weighted by Crippen LogP contribution is 2.71. The van der Waals surface area contributed by atoms with Crippen LogP contribution in [0.1, 0.15) is 58.4 Å². The lowest BCUT2D eigenvalue weighted by Gasteiger charge is -2.64. The number of ketones is 2. The molecule has 7 nitrogen and oxygen atoms in total. The van der Waals surface area contributed by atoms with Crippen molar-refractivity contribution in [2.24, 2.45) is 34.0 Å². The second-order valence-electron chi connectivity index (χ2n) is 12.1. The Morgan fingerprint density at radius 2 is 1.89 bits per heavy atom. The number of methoxy groups -OCH3 is 1. The molecule has 4 saturated carbocycles. The number of aromatic hydroxyl groups is 1. The fourth-order valence-corrected chi connectivity index (χ4v) is 8.41. The molecule has 2 bridgehead atoms. The molecule has 1 unspecified atom stereocenters. The number of carbonyl (C=O) groups excluding carboxylic acids is 3. The second-order valence-corrected chi connectivity index (χ2v) is 12.1. The summed E-state index contributed by atoms with van der Waals surface area (Å²) in [7, 11) is 1.44. The Balaban J connectivity index is 1.48. The molecule has 0 saturated heterocycles. The van der Waals surface area contributed by atoms with E-state index in [-0.39, 0.29) is 46.2 Å². The lowest BCUT2D eigenvalue weighted by atomic mass is 9.39. The van der Waals surface area contributed by atoms with Crippen LogP contribution in [0, 0.1) is 34.0 Å². The Morgan fingerprint density at radius 1 is 1.16 bits per heavy atom. The summed E-state index contributed by atoms with van der Waals surface area (Å²) in [5, 5.41) is 21.5. The van der Waals surface area contributed by atoms with E-state index in [4.69, 9.17) is 9.47 Å². The molecule has 1 spiro atoms. The van der Waals surface area contributed by atoms with Crippen molar-refractivity contribution in [1.29, 1.82) is 0 Å². The number of benzene rings is 1. The SMILES string of the molecule is C=C1C(=O)C23[C@H](O)C[C@@H]4C(C)(C)C(=O)CC[C@@]4(C)[C@@H]2CC[C@@H]1[C@H]3OC(=O)/C=C/c1ccc(O)c(OC)c1. The highest BCUT2D eigenvalue weighted by Gasteiger charge is 2.75. The summed E-state index contributed by atoms with van der Waals surface area (Å²) >= 11 is 0. The summed E-state index contributed by atoms with van der Waals surface area (Å²) in [5.74, 6) is -0.926. The summed E-state index contributed by atoms with van der Waals surface area (Å²) in [6.45, 7) is 10.2. The van der Waals surface area contributed by atoms with Gasteiger partial charge in [-0.3, -0.25) is 9.59 Å². The average molecular weight is 509 g/mol. The van der Waals surface area contributed by atoms with Gasteiger partial charge >= 0.3 is 5.97 Å². The maximum atomic E-state index is 13.9. The molecule has 7 atom stereocenters. The van der Waals surface area contributed by atoms with Crippen LogP contribution < -0.4 is 4.74 Å². The molecule has 0 radical (unpaired) electrons. The number of esters is 1. The zero-order chi connectivity index (χ0) is 26.9. The van der Waals surface area contributed by atoms with E-state index in [0.717, 1.165) is 6.42 Å². The molecule has 0 heterocycles. The first kappa shape index (κ1) is 25.7. The van der Waals surface area contributed by atoms with Crippen molar-refractivity contribution in [3.05, 3.63) is 42.0 Å². The third-order valence-corrected chi connectivity index (χ3v) is 10.3. The molecule has 0 aromatic heterocycles. The quantitative estimate of drug-likeness (QED) is 0.462. The molecule has 2 N–H and O–H groups in total. The Morgan fingerprint density at radius 3 is 2.59 bits per heavy atom. The van der Waals surface area contributed by atoms with Gasteiger partial charge in [-0.15, -0.1) is 0 Å². The molecule has 5 rings (SSSR count). The lowest BCUT2D eigenvalue weighted by molar-refractivity contribution is -0.228. The zero-order valence-electron chi connectivity index (χ0n) is 22.0. The van der Waals surface area contributed by atoms with E-state index < -0.39 is 29.0 Å².